The molecule has 1 aliphatic rings. The molecule has 0 amide bonds. The SMILES string of the molecule is CC(C)(CC(=O)O)c1cccc(OC2CSC2)c1. The van der Waals surface area contributed by atoms with Gasteiger partial charge in [-0.3, -0.25) is 4.79 Å². The third kappa shape index (κ3) is 3.19. The van der Waals surface area contributed by atoms with Crippen LogP contribution in [0.25, 0.3) is 0 Å². The van der Waals surface area contributed by atoms with Crippen molar-refractivity contribution in [1.29, 1.82) is 0 Å². The van der Waals surface area contributed by atoms with Crippen molar-refractivity contribution in [3.8, 4) is 5.75 Å². The first-order valence-corrected chi connectivity index (χ1v) is 7.19. The number of benzene rings is 1. The van der Waals surface area contributed by atoms with Crippen molar-refractivity contribution >= 4 is 17.7 Å². The highest BCUT2D eigenvalue weighted by Gasteiger charge is 2.25. The average molecular weight is 266 g/mol. The van der Waals surface area contributed by atoms with Crippen LogP contribution in [0.5, 0.6) is 5.75 Å². The van der Waals surface area contributed by atoms with Crippen LogP contribution in [0.4, 0.5) is 0 Å². The van der Waals surface area contributed by atoms with Gasteiger partial charge in [0.05, 0.1) is 6.42 Å². The molecular formula is C14H18O3S. The number of carbonyl (C=O) groups is 1. The maximum atomic E-state index is 10.9. The molecule has 0 aliphatic carbocycles. The monoisotopic (exact) mass is 266 g/mol. The number of carboxylic acid groups (broad SMARTS) is 1. The van der Waals surface area contributed by atoms with Crippen molar-refractivity contribution in [2.75, 3.05) is 11.5 Å². The highest BCUT2D eigenvalue weighted by atomic mass is 32.2. The second-order valence-corrected chi connectivity index (χ2v) is 6.33. The molecule has 0 atom stereocenters. The van der Waals surface area contributed by atoms with Crippen LogP contribution in [0, 0.1) is 0 Å². The van der Waals surface area contributed by atoms with E-state index >= 15 is 0 Å². The first kappa shape index (κ1) is 13.3. The number of thioether (sulfide) groups is 1. The van der Waals surface area contributed by atoms with Crippen molar-refractivity contribution in [2.24, 2.45) is 0 Å². The van der Waals surface area contributed by atoms with Crippen LogP contribution in [-0.2, 0) is 10.2 Å². The van der Waals surface area contributed by atoms with Gasteiger partial charge in [0, 0.05) is 16.9 Å². The molecule has 1 N–H and O–H groups in total. The summed E-state index contributed by atoms with van der Waals surface area (Å²) in [5.41, 5.74) is 0.633. The van der Waals surface area contributed by atoms with Gasteiger partial charge in [0.2, 0.25) is 0 Å². The third-order valence-corrected chi connectivity index (χ3v) is 4.33. The summed E-state index contributed by atoms with van der Waals surface area (Å²) in [5, 5.41) is 8.94. The molecule has 98 valence electrons. The quantitative estimate of drug-likeness (QED) is 0.890. The minimum Gasteiger partial charge on any atom is -0.489 e. The highest BCUT2D eigenvalue weighted by molar-refractivity contribution is 8.00. The Balaban J connectivity index is 2.12. The Hall–Kier alpha value is -1.16. The van der Waals surface area contributed by atoms with Gasteiger partial charge < -0.3 is 9.84 Å². The van der Waals surface area contributed by atoms with Crippen molar-refractivity contribution in [2.45, 2.75) is 31.8 Å². The fourth-order valence-electron chi connectivity index (χ4n) is 1.95. The Labute approximate surface area is 112 Å². The molecule has 0 aromatic heterocycles. The lowest BCUT2D eigenvalue weighted by atomic mass is 9.81. The Bertz CT molecular complexity index is 438. The van der Waals surface area contributed by atoms with E-state index in [1.807, 2.05) is 49.9 Å². The number of hydrogen-bond acceptors (Lipinski definition) is 3. The van der Waals surface area contributed by atoms with Crippen LogP contribution in [0.15, 0.2) is 24.3 Å². The summed E-state index contributed by atoms with van der Waals surface area (Å²) < 4.78 is 5.82. The molecule has 1 aromatic rings. The van der Waals surface area contributed by atoms with Gasteiger partial charge in [0.1, 0.15) is 11.9 Å². The number of aliphatic carboxylic acids is 1. The molecule has 0 unspecified atom stereocenters. The Morgan fingerprint density at radius 1 is 1.50 bits per heavy atom. The molecule has 2 rings (SSSR count). The second-order valence-electron chi connectivity index (χ2n) is 5.26. The van der Waals surface area contributed by atoms with E-state index in [2.05, 4.69) is 0 Å². The largest absolute Gasteiger partial charge is 0.489 e. The van der Waals surface area contributed by atoms with Crippen LogP contribution >= 0.6 is 11.8 Å². The molecule has 0 spiro atoms. The van der Waals surface area contributed by atoms with Crippen LogP contribution < -0.4 is 4.74 Å². The minimum absolute atomic E-state index is 0.121. The van der Waals surface area contributed by atoms with Crippen LogP contribution in [-0.4, -0.2) is 28.7 Å². The van der Waals surface area contributed by atoms with Crippen molar-refractivity contribution in [3.63, 3.8) is 0 Å². The zero-order valence-corrected chi connectivity index (χ0v) is 11.5. The maximum Gasteiger partial charge on any atom is 0.304 e. The molecule has 18 heavy (non-hydrogen) atoms. The Morgan fingerprint density at radius 2 is 2.22 bits per heavy atom. The molecular weight excluding hydrogens is 248 g/mol. The molecule has 3 nitrogen and oxygen atoms in total. The summed E-state index contributed by atoms with van der Waals surface area (Å²) >= 11 is 1.88. The highest BCUT2D eigenvalue weighted by Crippen LogP contribution is 2.31. The van der Waals surface area contributed by atoms with Gasteiger partial charge in [-0.05, 0) is 17.7 Å². The molecule has 1 saturated heterocycles. The van der Waals surface area contributed by atoms with E-state index in [1.165, 1.54) is 0 Å². The number of ether oxygens (including phenoxy) is 1. The zero-order valence-electron chi connectivity index (χ0n) is 10.7. The molecule has 1 heterocycles. The van der Waals surface area contributed by atoms with Crippen LogP contribution in [0.3, 0.4) is 0 Å². The van der Waals surface area contributed by atoms with Crippen molar-refractivity contribution < 1.29 is 14.6 Å². The summed E-state index contributed by atoms with van der Waals surface area (Å²) in [4.78, 5) is 10.9. The fraction of sp³-hybridized carbons (Fsp3) is 0.500. The van der Waals surface area contributed by atoms with Crippen molar-refractivity contribution in [3.05, 3.63) is 29.8 Å². The standard InChI is InChI=1S/C14H18O3S/c1-14(2,7-13(15)16)10-4-3-5-11(6-10)17-12-8-18-9-12/h3-6,12H,7-9H2,1-2H3,(H,15,16). The number of hydrogen-bond donors (Lipinski definition) is 1. The minimum atomic E-state index is -0.776. The van der Waals surface area contributed by atoms with Gasteiger partial charge in [-0.1, -0.05) is 26.0 Å². The van der Waals surface area contributed by atoms with E-state index in [0.29, 0.717) is 6.10 Å². The molecule has 4 heteroatoms. The predicted octanol–water partition coefficient (Wildman–Crippen LogP) is 2.93. The predicted molar refractivity (Wildman–Crippen MR) is 73.5 cm³/mol. The van der Waals surface area contributed by atoms with E-state index in [1.54, 1.807) is 0 Å². The maximum absolute atomic E-state index is 10.9. The van der Waals surface area contributed by atoms with E-state index in [0.717, 1.165) is 22.8 Å². The summed E-state index contributed by atoms with van der Waals surface area (Å²) in [7, 11) is 0. The first-order valence-electron chi connectivity index (χ1n) is 6.04. The number of rotatable bonds is 5. The lowest BCUT2D eigenvalue weighted by Crippen LogP contribution is -2.31. The van der Waals surface area contributed by atoms with Crippen LogP contribution in [0.1, 0.15) is 25.8 Å². The Kier molecular flexibility index (Phi) is 3.85. The average Bonchev–Trinajstić information content (AvgIpc) is 2.22. The second kappa shape index (κ2) is 5.22. The van der Waals surface area contributed by atoms with E-state index < -0.39 is 5.97 Å². The summed E-state index contributed by atoms with van der Waals surface area (Å²) in [6.07, 6.45) is 0.434. The van der Waals surface area contributed by atoms with E-state index in [4.69, 9.17) is 9.84 Å². The lowest BCUT2D eigenvalue weighted by molar-refractivity contribution is -0.138. The number of carboxylic acids is 1. The smallest absolute Gasteiger partial charge is 0.304 e. The van der Waals surface area contributed by atoms with Gasteiger partial charge in [0.25, 0.3) is 0 Å². The van der Waals surface area contributed by atoms with Gasteiger partial charge in [0.15, 0.2) is 0 Å². The van der Waals surface area contributed by atoms with E-state index in [9.17, 15) is 4.79 Å². The first-order chi connectivity index (χ1) is 8.47. The molecule has 0 saturated carbocycles. The van der Waals surface area contributed by atoms with Gasteiger partial charge >= 0.3 is 5.97 Å². The van der Waals surface area contributed by atoms with Crippen LogP contribution in [0.2, 0.25) is 0 Å². The Morgan fingerprint density at radius 3 is 2.78 bits per heavy atom. The molecule has 1 aromatic carbocycles. The van der Waals surface area contributed by atoms with Gasteiger partial charge in [-0.2, -0.15) is 11.8 Å². The molecule has 1 fully saturated rings. The normalized spacial score (nSPS) is 16.1. The van der Waals surface area contributed by atoms with E-state index in [-0.39, 0.29) is 11.8 Å². The molecule has 1 aliphatic heterocycles. The van der Waals surface area contributed by atoms with Crippen molar-refractivity contribution in [1.82, 2.24) is 0 Å². The fourth-order valence-corrected chi connectivity index (χ4v) is 2.51. The third-order valence-electron chi connectivity index (χ3n) is 3.12. The molecule has 0 bridgehead atoms. The summed E-state index contributed by atoms with van der Waals surface area (Å²) in [6, 6.07) is 7.79. The van der Waals surface area contributed by atoms with Gasteiger partial charge in [-0.15, -0.1) is 0 Å². The zero-order chi connectivity index (χ0) is 13.2. The summed E-state index contributed by atoms with van der Waals surface area (Å²) in [5.74, 6) is 2.16. The summed E-state index contributed by atoms with van der Waals surface area (Å²) in [6.45, 7) is 3.89. The van der Waals surface area contributed by atoms with Gasteiger partial charge in [-0.25, -0.2) is 0 Å². The topological polar surface area (TPSA) is 46.5 Å². The molecule has 0 radical (unpaired) electrons. The lowest BCUT2D eigenvalue weighted by Gasteiger charge is -2.28.